The Bertz CT molecular complexity index is 551. The van der Waals surface area contributed by atoms with Gasteiger partial charge in [-0.3, -0.25) is 0 Å². The fraction of sp³-hybridized carbons (Fsp3) is 0.500. The number of aryl methyl sites for hydroxylation is 1. The highest BCUT2D eigenvalue weighted by atomic mass is 79.9. The van der Waals surface area contributed by atoms with Crippen LogP contribution in [0, 0.1) is 6.92 Å². The number of rotatable bonds is 2. The molecule has 0 aliphatic carbocycles. The Morgan fingerprint density at radius 3 is 2.44 bits per heavy atom. The summed E-state index contributed by atoms with van der Waals surface area (Å²) in [5.41, 5.74) is 2.11. The first kappa shape index (κ1) is 13.8. The molecular formula is C12H17BrN2O2S. The fourth-order valence-electron chi connectivity index (χ4n) is 2.18. The van der Waals surface area contributed by atoms with Crippen molar-refractivity contribution in [3.8, 4) is 0 Å². The molecule has 1 aliphatic rings. The zero-order valence-electron chi connectivity index (χ0n) is 10.5. The van der Waals surface area contributed by atoms with Gasteiger partial charge in [0.05, 0.1) is 4.90 Å². The van der Waals surface area contributed by atoms with Crippen LogP contribution in [-0.2, 0) is 9.84 Å². The predicted octanol–water partition coefficient (Wildman–Crippen LogP) is 1.57. The third-order valence-electron chi connectivity index (χ3n) is 3.11. The Balaban J connectivity index is 2.42. The van der Waals surface area contributed by atoms with Gasteiger partial charge in [0, 0.05) is 42.6 Å². The van der Waals surface area contributed by atoms with Gasteiger partial charge in [0.2, 0.25) is 0 Å². The van der Waals surface area contributed by atoms with Gasteiger partial charge in [-0.15, -0.1) is 0 Å². The van der Waals surface area contributed by atoms with Gasteiger partial charge in [-0.05, 0) is 40.5 Å². The number of piperazine rings is 1. The van der Waals surface area contributed by atoms with Crippen molar-refractivity contribution in [2.75, 3.05) is 37.3 Å². The number of hydrogen-bond acceptors (Lipinski definition) is 4. The highest BCUT2D eigenvalue weighted by Gasteiger charge is 2.18. The summed E-state index contributed by atoms with van der Waals surface area (Å²) in [5.74, 6) is 0. The first-order chi connectivity index (χ1) is 8.39. The van der Waals surface area contributed by atoms with Gasteiger partial charge in [0.15, 0.2) is 9.84 Å². The Kier molecular flexibility index (Phi) is 3.99. The van der Waals surface area contributed by atoms with Crippen LogP contribution >= 0.6 is 15.9 Å². The highest BCUT2D eigenvalue weighted by Crippen LogP contribution is 2.31. The van der Waals surface area contributed by atoms with Crippen LogP contribution in [0.4, 0.5) is 5.69 Å². The lowest BCUT2D eigenvalue weighted by atomic mass is 10.1. The molecule has 0 radical (unpaired) electrons. The maximum absolute atomic E-state index is 11.6. The van der Waals surface area contributed by atoms with Crippen molar-refractivity contribution < 1.29 is 8.42 Å². The molecule has 0 saturated carbocycles. The summed E-state index contributed by atoms with van der Waals surface area (Å²) in [4.78, 5) is 2.64. The van der Waals surface area contributed by atoms with Crippen LogP contribution in [0.1, 0.15) is 5.56 Å². The zero-order chi connectivity index (χ0) is 13.3. The number of nitrogens with one attached hydrogen (secondary N) is 1. The molecule has 0 aromatic heterocycles. The predicted molar refractivity (Wildman–Crippen MR) is 77.1 cm³/mol. The van der Waals surface area contributed by atoms with Gasteiger partial charge in [0.1, 0.15) is 0 Å². The molecule has 0 atom stereocenters. The summed E-state index contributed by atoms with van der Waals surface area (Å²) in [6, 6.07) is 3.66. The number of halogens is 1. The smallest absolute Gasteiger partial charge is 0.176 e. The van der Waals surface area contributed by atoms with Gasteiger partial charge in [-0.2, -0.15) is 0 Å². The van der Waals surface area contributed by atoms with E-state index in [-0.39, 0.29) is 0 Å². The van der Waals surface area contributed by atoms with E-state index in [9.17, 15) is 8.42 Å². The van der Waals surface area contributed by atoms with E-state index in [1.54, 1.807) is 6.07 Å². The number of hydrogen-bond donors (Lipinski definition) is 1. The number of nitrogens with zero attached hydrogens (tertiary/aromatic N) is 1. The molecule has 0 unspecified atom stereocenters. The molecule has 0 bridgehead atoms. The summed E-state index contributed by atoms with van der Waals surface area (Å²) >= 11 is 3.36. The van der Waals surface area contributed by atoms with Gasteiger partial charge in [0.25, 0.3) is 0 Å². The average Bonchev–Trinajstić information content (AvgIpc) is 2.31. The first-order valence-electron chi connectivity index (χ1n) is 5.85. The lowest BCUT2D eigenvalue weighted by molar-refractivity contribution is 0.587. The number of benzene rings is 1. The van der Waals surface area contributed by atoms with Crippen molar-refractivity contribution in [2.45, 2.75) is 11.8 Å². The van der Waals surface area contributed by atoms with Crippen LogP contribution < -0.4 is 10.2 Å². The van der Waals surface area contributed by atoms with Crippen LogP contribution in [0.15, 0.2) is 21.5 Å². The molecule has 0 amide bonds. The molecule has 1 aromatic carbocycles. The third-order valence-corrected chi connectivity index (χ3v) is 5.16. The van der Waals surface area contributed by atoms with Crippen LogP contribution in [0.3, 0.4) is 0 Å². The quantitative estimate of drug-likeness (QED) is 0.893. The van der Waals surface area contributed by atoms with Crippen molar-refractivity contribution in [2.24, 2.45) is 0 Å². The van der Waals surface area contributed by atoms with E-state index in [2.05, 4.69) is 26.1 Å². The van der Waals surface area contributed by atoms with Crippen LogP contribution in [-0.4, -0.2) is 40.9 Å². The van der Waals surface area contributed by atoms with Gasteiger partial charge in [-0.25, -0.2) is 8.42 Å². The van der Waals surface area contributed by atoms with E-state index < -0.39 is 9.84 Å². The van der Waals surface area contributed by atoms with E-state index in [4.69, 9.17) is 0 Å². The van der Waals surface area contributed by atoms with Crippen LogP contribution in [0.5, 0.6) is 0 Å². The number of sulfone groups is 1. The van der Waals surface area contributed by atoms with Crippen LogP contribution in [0.25, 0.3) is 0 Å². The molecule has 1 heterocycles. The largest absolute Gasteiger partial charge is 0.369 e. The van der Waals surface area contributed by atoms with Crippen molar-refractivity contribution >= 4 is 31.5 Å². The fourth-order valence-corrected chi connectivity index (χ4v) is 4.19. The molecule has 1 saturated heterocycles. The van der Waals surface area contributed by atoms with Gasteiger partial charge in [-0.1, -0.05) is 0 Å². The van der Waals surface area contributed by atoms with Crippen LogP contribution in [0.2, 0.25) is 0 Å². The molecule has 1 fully saturated rings. The first-order valence-corrected chi connectivity index (χ1v) is 8.54. The Hall–Kier alpha value is -0.590. The van der Waals surface area contributed by atoms with E-state index in [0.29, 0.717) is 9.37 Å². The molecule has 100 valence electrons. The second-order valence-electron chi connectivity index (χ2n) is 4.58. The normalized spacial score (nSPS) is 16.9. The Labute approximate surface area is 116 Å². The molecule has 2 rings (SSSR count). The SMILES string of the molecule is Cc1cc(S(C)(=O)=O)c(Br)cc1N1CCNCC1. The third kappa shape index (κ3) is 2.87. The second kappa shape index (κ2) is 5.19. The topological polar surface area (TPSA) is 49.4 Å². The lowest BCUT2D eigenvalue weighted by Gasteiger charge is -2.31. The summed E-state index contributed by atoms with van der Waals surface area (Å²) in [6.45, 7) is 5.78. The lowest BCUT2D eigenvalue weighted by Crippen LogP contribution is -2.43. The Morgan fingerprint density at radius 1 is 1.28 bits per heavy atom. The van der Waals surface area contributed by atoms with Gasteiger partial charge >= 0.3 is 0 Å². The number of anilines is 1. The second-order valence-corrected chi connectivity index (χ2v) is 7.42. The molecule has 1 aromatic rings. The minimum Gasteiger partial charge on any atom is -0.369 e. The maximum atomic E-state index is 11.6. The van der Waals surface area contributed by atoms with E-state index in [1.165, 1.54) is 6.26 Å². The molecule has 4 nitrogen and oxygen atoms in total. The summed E-state index contributed by atoms with van der Waals surface area (Å²) in [7, 11) is -3.18. The van der Waals surface area contributed by atoms with Gasteiger partial charge < -0.3 is 10.2 Å². The molecular weight excluding hydrogens is 316 g/mol. The molecule has 0 spiro atoms. The minimum absolute atomic E-state index is 0.360. The van der Waals surface area contributed by atoms with E-state index in [1.807, 2.05) is 13.0 Å². The standard InChI is InChI=1S/C12H17BrN2O2S/c1-9-7-12(18(2,16)17)10(13)8-11(9)15-5-3-14-4-6-15/h7-8,14H,3-6H2,1-2H3. The summed E-state index contributed by atoms with van der Waals surface area (Å²) in [6.07, 6.45) is 1.23. The molecule has 1 aliphatic heterocycles. The van der Waals surface area contributed by atoms with E-state index in [0.717, 1.165) is 37.4 Å². The average molecular weight is 333 g/mol. The highest BCUT2D eigenvalue weighted by molar-refractivity contribution is 9.10. The molecule has 18 heavy (non-hydrogen) atoms. The maximum Gasteiger partial charge on any atom is 0.176 e. The van der Waals surface area contributed by atoms with Crippen molar-refractivity contribution in [1.29, 1.82) is 0 Å². The molecule has 1 N–H and O–H groups in total. The summed E-state index contributed by atoms with van der Waals surface area (Å²) in [5, 5.41) is 3.30. The van der Waals surface area contributed by atoms with Crippen molar-refractivity contribution in [3.05, 3.63) is 22.2 Å². The van der Waals surface area contributed by atoms with E-state index >= 15 is 0 Å². The molecule has 6 heteroatoms. The van der Waals surface area contributed by atoms with Crippen molar-refractivity contribution in [3.63, 3.8) is 0 Å². The minimum atomic E-state index is -3.18. The van der Waals surface area contributed by atoms with Crippen molar-refractivity contribution in [1.82, 2.24) is 5.32 Å². The Morgan fingerprint density at radius 2 is 1.89 bits per heavy atom. The summed E-state index contributed by atoms with van der Waals surface area (Å²) < 4.78 is 23.9. The zero-order valence-corrected chi connectivity index (χ0v) is 12.9. The monoisotopic (exact) mass is 332 g/mol.